The van der Waals surface area contributed by atoms with Gasteiger partial charge < -0.3 is 4.74 Å². The van der Waals surface area contributed by atoms with Gasteiger partial charge in [-0.2, -0.15) is 0 Å². The van der Waals surface area contributed by atoms with Crippen molar-refractivity contribution in [2.45, 2.75) is 45.1 Å². The number of hydrogen-bond donors (Lipinski definition) is 0. The summed E-state index contributed by atoms with van der Waals surface area (Å²) in [4.78, 5) is 11.3. The summed E-state index contributed by atoms with van der Waals surface area (Å²) in [5.74, 6) is 0.310. The summed E-state index contributed by atoms with van der Waals surface area (Å²) >= 11 is 0. The Hall–Kier alpha value is -0.370. The summed E-state index contributed by atoms with van der Waals surface area (Å²) in [6.07, 6.45) is 4.77. The van der Waals surface area contributed by atoms with E-state index in [0.29, 0.717) is 12.2 Å². The van der Waals surface area contributed by atoms with Crippen molar-refractivity contribution in [2.75, 3.05) is 6.61 Å². The van der Waals surface area contributed by atoms with Crippen LogP contribution in [0.25, 0.3) is 0 Å². The molecule has 0 bridgehead atoms. The molecule has 64 valence electrons. The van der Waals surface area contributed by atoms with E-state index < -0.39 is 0 Å². The third-order valence-corrected chi connectivity index (χ3v) is 2.07. The molecule has 1 saturated heterocycles. The summed E-state index contributed by atoms with van der Waals surface area (Å²) < 4.78 is 5.26. The van der Waals surface area contributed by atoms with Crippen LogP contribution in [-0.4, -0.2) is 18.5 Å². The fourth-order valence-corrected chi connectivity index (χ4v) is 1.34. The second kappa shape index (κ2) is 4.50. The molecular weight excluding hydrogens is 140 g/mol. The fraction of sp³-hybridized carbons (Fsp3) is 0.889. The van der Waals surface area contributed by atoms with Gasteiger partial charge in [-0.1, -0.05) is 13.3 Å². The van der Waals surface area contributed by atoms with Crippen LogP contribution < -0.4 is 0 Å². The van der Waals surface area contributed by atoms with Gasteiger partial charge >= 0.3 is 0 Å². The summed E-state index contributed by atoms with van der Waals surface area (Å²) in [6, 6.07) is 0. The number of unbranched alkanes of at least 4 members (excludes halogenated alkanes) is 1. The molecule has 1 atom stereocenters. The highest BCUT2D eigenvalue weighted by atomic mass is 16.5. The number of ether oxygens (including phenoxy) is 1. The van der Waals surface area contributed by atoms with E-state index in [1.807, 2.05) is 0 Å². The summed E-state index contributed by atoms with van der Waals surface area (Å²) in [6.45, 7) is 2.88. The molecule has 1 heterocycles. The van der Waals surface area contributed by atoms with Crippen LogP contribution >= 0.6 is 0 Å². The maximum Gasteiger partial charge on any atom is 0.161 e. The highest BCUT2D eigenvalue weighted by Gasteiger charge is 2.22. The standard InChI is InChI=1S/C9H16O2/c1-2-3-5-8(10)9-6-4-7-11-9/h9H,2-7H2,1H3/t9-/m1/s1. The van der Waals surface area contributed by atoms with Crippen molar-refractivity contribution in [1.82, 2.24) is 0 Å². The van der Waals surface area contributed by atoms with Gasteiger partial charge in [0.05, 0.1) is 0 Å². The molecule has 0 radical (unpaired) electrons. The fourth-order valence-electron chi connectivity index (χ4n) is 1.34. The Kier molecular flexibility index (Phi) is 3.57. The third-order valence-electron chi connectivity index (χ3n) is 2.07. The first-order chi connectivity index (χ1) is 5.34. The average Bonchev–Trinajstić information content (AvgIpc) is 2.52. The zero-order valence-corrected chi connectivity index (χ0v) is 7.14. The molecule has 0 saturated carbocycles. The maximum absolute atomic E-state index is 11.3. The van der Waals surface area contributed by atoms with Crippen molar-refractivity contribution in [1.29, 1.82) is 0 Å². The van der Waals surface area contributed by atoms with Gasteiger partial charge in [0.15, 0.2) is 5.78 Å². The van der Waals surface area contributed by atoms with E-state index in [-0.39, 0.29) is 6.10 Å². The van der Waals surface area contributed by atoms with Crippen LogP contribution in [-0.2, 0) is 9.53 Å². The second-order valence-corrected chi connectivity index (χ2v) is 3.07. The third kappa shape index (κ3) is 2.62. The first-order valence-electron chi connectivity index (χ1n) is 4.49. The van der Waals surface area contributed by atoms with Gasteiger partial charge in [0.2, 0.25) is 0 Å². The maximum atomic E-state index is 11.3. The van der Waals surface area contributed by atoms with Gasteiger partial charge in [-0.3, -0.25) is 4.79 Å². The van der Waals surface area contributed by atoms with E-state index in [0.717, 1.165) is 32.3 Å². The van der Waals surface area contributed by atoms with Crippen molar-refractivity contribution >= 4 is 5.78 Å². The Bertz CT molecular complexity index is 126. The number of ketones is 1. The molecule has 2 heteroatoms. The largest absolute Gasteiger partial charge is 0.370 e. The van der Waals surface area contributed by atoms with Gasteiger partial charge in [0, 0.05) is 13.0 Å². The van der Waals surface area contributed by atoms with Gasteiger partial charge in [-0.05, 0) is 19.3 Å². The molecule has 0 amide bonds. The number of carbonyl (C=O) groups excluding carboxylic acids is 1. The number of carbonyl (C=O) groups is 1. The smallest absolute Gasteiger partial charge is 0.161 e. The minimum absolute atomic E-state index is 0.0541. The lowest BCUT2D eigenvalue weighted by molar-refractivity contribution is -0.127. The van der Waals surface area contributed by atoms with E-state index in [2.05, 4.69) is 6.92 Å². The monoisotopic (exact) mass is 156 g/mol. The topological polar surface area (TPSA) is 26.3 Å². The Labute approximate surface area is 67.9 Å². The molecule has 1 aliphatic heterocycles. The Balaban J connectivity index is 2.17. The van der Waals surface area contributed by atoms with E-state index in [1.54, 1.807) is 0 Å². The van der Waals surface area contributed by atoms with Gasteiger partial charge in [-0.25, -0.2) is 0 Å². The molecule has 0 spiro atoms. The molecule has 2 nitrogen and oxygen atoms in total. The van der Waals surface area contributed by atoms with Crippen LogP contribution in [0.4, 0.5) is 0 Å². The number of Topliss-reactive ketones (excluding diaryl/α,β-unsaturated/α-hetero) is 1. The minimum Gasteiger partial charge on any atom is -0.370 e. The van der Waals surface area contributed by atoms with Gasteiger partial charge in [0.1, 0.15) is 6.10 Å². The normalized spacial score (nSPS) is 23.9. The quantitative estimate of drug-likeness (QED) is 0.621. The van der Waals surface area contributed by atoms with Crippen LogP contribution in [0.5, 0.6) is 0 Å². The van der Waals surface area contributed by atoms with Crippen molar-refractivity contribution in [3.8, 4) is 0 Å². The molecule has 0 unspecified atom stereocenters. The van der Waals surface area contributed by atoms with Crippen molar-refractivity contribution < 1.29 is 9.53 Å². The highest BCUT2D eigenvalue weighted by molar-refractivity contribution is 5.83. The van der Waals surface area contributed by atoms with Gasteiger partial charge in [-0.15, -0.1) is 0 Å². The SMILES string of the molecule is CCCCC(=O)[C@H]1CCCO1. The van der Waals surface area contributed by atoms with Crippen LogP contribution in [0.2, 0.25) is 0 Å². The molecule has 1 fully saturated rings. The Morgan fingerprint density at radius 2 is 2.45 bits per heavy atom. The first kappa shape index (κ1) is 8.72. The van der Waals surface area contributed by atoms with Crippen molar-refractivity contribution in [2.24, 2.45) is 0 Å². The zero-order valence-electron chi connectivity index (χ0n) is 7.14. The zero-order chi connectivity index (χ0) is 8.10. The summed E-state index contributed by atoms with van der Waals surface area (Å²) in [7, 11) is 0. The number of hydrogen-bond acceptors (Lipinski definition) is 2. The molecule has 1 aliphatic rings. The van der Waals surface area contributed by atoms with Crippen LogP contribution in [0.1, 0.15) is 39.0 Å². The lowest BCUT2D eigenvalue weighted by Crippen LogP contribution is -2.18. The van der Waals surface area contributed by atoms with Crippen molar-refractivity contribution in [3.05, 3.63) is 0 Å². The van der Waals surface area contributed by atoms with E-state index >= 15 is 0 Å². The van der Waals surface area contributed by atoms with E-state index in [4.69, 9.17) is 4.74 Å². The molecule has 0 aromatic rings. The first-order valence-corrected chi connectivity index (χ1v) is 4.49. The minimum atomic E-state index is -0.0541. The molecule has 0 aromatic carbocycles. The number of rotatable bonds is 4. The summed E-state index contributed by atoms with van der Waals surface area (Å²) in [5.41, 5.74) is 0. The molecule has 0 aliphatic carbocycles. The Morgan fingerprint density at radius 1 is 1.64 bits per heavy atom. The van der Waals surface area contributed by atoms with Crippen LogP contribution in [0.15, 0.2) is 0 Å². The predicted molar refractivity (Wildman–Crippen MR) is 43.5 cm³/mol. The average molecular weight is 156 g/mol. The molecular formula is C9H16O2. The molecule has 0 N–H and O–H groups in total. The summed E-state index contributed by atoms with van der Waals surface area (Å²) in [5, 5.41) is 0. The lowest BCUT2D eigenvalue weighted by atomic mass is 10.1. The predicted octanol–water partition coefficient (Wildman–Crippen LogP) is 1.92. The highest BCUT2D eigenvalue weighted by Crippen LogP contribution is 2.15. The second-order valence-electron chi connectivity index (χ2n) is 3.07. The molecule has 11 heavy (non-hydrogen) atoms. The van der Waals surface area contributed by atoms with E-state index in [9.17, 15) is 4.79 Å². The Morgan fingerprint density at radius 3 is 3.00 bits per heavy atom. The molecule has 0 aromatic heterocycles. The van der Waals surface area contributed by atoms with Crippen LogP contribution in [0.3, 0.4) is 0 Å². The van der Waals surface area contributed by atoms with Crippen molar-refractivity contribution in [3.63, 3.8) is 0 Å². The van der Waals surface area contributed by atoms with E-state index in [1.165, 1.54) is 0 Å². The molecule has 1 rings (SSSR count). The lowest BCUT2D eigenvalue weighted by Gasteiger charge is -2.06. The van der Waals surface area contributed by atoms with Crippen LogP contribution in [0, 0.1) is 0 Å². The van der Waals surface area contributed by atoms with Gasteiger partial charge in [0.25, 0.3) is 0 Å².